The molecule has 0 N–H and O–H groups in total. The van der Waals surface area contributed by atoms with Crippen LogP contribution in [0.15, 0.2) is 47.6 Å². The zero-order valence-electron chi connectivity index (χ0n) is 12.5. The molecule has 6 heteroatoms. The lowest BCUT2D eigenvalue weighted by Gasteiger charge is -2.27. The number of amidine groups is 1. The van der Waals surface area contributed by atoms with Crippen molar-refractivity contribution in [2.24, 2.45) is 4.99 Å². The largest absolute Gasteiger partial charge is 0.341 e. The first-order chi connectivity index (χ1) is 11.1. The number of aromatic nitrogens is 1. The molecule has 0 amide bonds. The van der Waals surface area contributed by atoms with E-state index in [1.165, 1.54) is 0 Å². The van der Waals surface area contributed by atoms with Crippen LogP contribution in [-0.4, -0.2) is 26.8 Å². The fourth-order valence-electron chi connectivity index (χ4n) is 3.17. The molecule has 118 valence electrons. The lowest BCUT2D eigenvalue weighted by Crippen LogP contribution is -2.28. The van der Waals surface area contributed by atoms with Gasteiger partial charge in [0.25, 0.3) is 0 Å². The van der Waals surface area contributed by atoms with Crippen LogP contribution >= 0.6 is 35.0 Å². The highest BCUT2D eigenvalue weighted by atomic mass is 35.5. The molecule has 4 rings (SSSR count). The van der Waals surface area contributed by atoms with E-state index in [0.717, 1.165) is 23.0 Å². The Morgan fingerprint density at radius 3 is 2.78 bits per heavy atom. The van der Waals surface area contributed by atoms with Gasteiger partial charge in [0.1, 0.15) is 6.04 Å². The number of thioether (sulfide) groups is 1. The molecule has 2 aromatic rings. The summed E-state index contributed by atoms with van der Waals surface area (Å²) in [5.74, 6) is 0. The van der Waals surface area contributed by atoms with Gasteiger partial charge in [-0.25, -0.2) is 0 Å². The average molecular weight is 364 g/mol. The number of rotatable bonds is 2. The SMILES string of the molecule is C[C@@H]1CN2C(=N[C@H](c3ccccn3)[C@H]2c2ccc(Cl)c(Cl)c2)S1. The summed E-state index contributed by atoms with van der Waals surface area (Å²) in [6.45, 7) is 3.21. The third kappa shape index (κ3) is 2.73. The third-order valence-electron chi connectivity index (χ3n) is 4.17. The van der Waals surface area contributed by atoms with E-state index in [1.54, 1.807) is 0 Å². The van der Waals surface area contributed by atoms with Crippen LogP contribution in [0.2, 0.25) is 10.0 Å². The van der Waals surface area contributed by atoms with E-state index < -0.39 is 0 Å². The van der Waals surface area contributed by atoms with Crippen molar-refractivity contribution in [3.63, 3.8) is 0 Å². The zero-order chi connectivity index (χ0) is 16.0. The minimum Gasteiger partial charge on any atom is -0.341 e. The molecular formula is C17H15Cl2N3S. The highest BCUT2D eigenvalue weighted by molar-refractivity contribution is 8.14. The van der Waals surface area contributed by atoms with Crippen molar-refractivity contribution in [3.8, 4) is 0 Å². The summed E-state index contributed by atoms with van der Waals surface area (Å²) in [5, 5.41) is 2.80. The molecule has 2 aliphatic heterocycles. The number of fused-ring (bicyclic) bond motifs is 1. The van der Waals surface area contributed by atoms with Crippen LogP contribution in [0.1, 0.15) is 30.3 Å². The summed E-state index contributed by atoms with van der Waals surface area (Å²) >= 11 is 14.2. The van der Waals surface area contributed by atoms with Crippen molar-refractivity contribution in [1.29, 1.82) is 0 Å². The number of hydrogen-bond donors (Lipinski definition) is 0. The molecule has 1 saturated heterocycles. The van der Waals surface area contributed by atoms with E-state index in [0.29, 0.717) is 15.3 Å². The highest BCUT2D eigenvalue weighted by Crippen LogP contribution is 2.48. The van der Waals surface area contributed by atoms with Gasteiger partial charge >= 0.3 is 0 Å². The maximum absolute atomic E-state index is 6.25. The zero-order valence-corrected chi connectivity index (χ0v) is 14.8. The Morgan fingerprint density at radius 2 is 2.04 bits per heavy atom. The molecule has 0 unspecified atom stereocenters. The van der Waals surface area contributed by atoms with E-state index in [4.69, 9.17) is 28.2 Å². The predicted octanol–water partition coefficient (Wildman–Crippen LogP) is 4.98. The van der Waals surface area contributed by atoms with E-state index >= 15 is 0 Å². The first kappa shape index (κ1) is 15.3. The lowest BCUT2D eigenvalue weighted by atomic mass is 9.96. The molecule has 1 aromatic heterocycles. The number of hydrogen-bond acceptors (Lipinski definition) is 4. The summed E-state index contributed by atoms with van der Waals surface area (Å²) in [4.78, 5) is 11.8. The predicted molar refractivity (Wildman–Crippen MR) is 97.4 cm³/mol. The van der Waals surface area contributed by atoms with Gasteiger partial charge in [0.2, 0.25) is 0 Å². The number of aliphatic imine (C=N–C) groups is 1. The van der Waals surface area contributed by atoms with Gasteiger partial charge in [0.05, 0.1) is 21.8 Å². The Kier molecular flexibility index (Phi) is 4.00. The first-order valence-electron chi connectivity index (χ1n) is 7.50. The molecule has 1 fully saturated rings. The summed E-state index contributed by atoms with van der Waals surface area (Å²) in [6, 6.07) is 11.9. The number of nitrogens with zero attached hydrogens (tertiary/aromatic N) is 3. The van der Waals surface area contributed by atoms with Crippen LogP contribution in [0.5, 0.6) is 0 Å². The number of benzene rings is 1. The van der Waals surface area contributed by atoms with Gasteiger partial charge in [0, 0.05) is 18.0 Å². The molecule has 3 atom stereocenters. The minimum absolute atomic E-state index is 0.0107. The monoisotopic (exact) mass is 363 g/mol. The van der Waals surface area contributed by atoms with Gasteiger partial charge in [-0.2, -0.15) is 0 Å². The van der Waals surface area contributed by atoms with Crippen molar-refractivity contribution in [3.05, 3.63) is 63.9 Å². The Morgan fingerprint density at radius 1 is 1.17 bits per heavy atom. The molecule has 0 saturated carbocycles. The molecule has 3 nitrogen and oxygen atoms in total. The molecule has 0 radical (unpaired) electrons. The van der Waals surface area contributed by atoms with Gasteiger partial charge in [-0.1, -0.05) is 54.0 Å². The Hall–Kier alpha value is -1.23. The van der Waals surface area contributed by atoms with Gasteiger partial charge in [0.15, 0.2) is 5.17 Å². The molecule has 3 heterocycles. The standard InChI is InChI=1S/C17H15Cl2N3S/c1-10-9-22-16(11-5-6-12(18)13(19)8-11)15(21-17(22)23-10)14-4-2-3-7-20-14/h2-8,10,15-16H,9H2,1H3/t10-,15-,16-/m1/s1. The van der Waals surface area contributed by atoms with Crippen molar-refractivity contribution in [2.75, 3.05) is 6.54 Å². The fraction of sp³-hybridized carbons (Fsp3) is 0.294. The van der Waals surface area contributed by atoms with Crippen LogP contribution in [0.4, 0.5) is 0 Å². The normalized spacial score (nSPS) is 26.3. The highest BCUT2D eigenvalue weighted by Gasteiger charge is 2.43. The van der Waals surface area contributed by atoms with E-state index in [9.17, 15) is 0 Å². The van der Waals surface area contributed by atoms with Crippen molar-refractivity contribution >= 4 is 40.1 Å². The van der Waals surface area contributed by atoms with Gasteiger partial charge in [-0.05, 0) is 29.8 Å². The summed E-state index contributed by atoms with van der Waals surface area (Å²) < 4.78 is 0. The number of pyridine rings is 1. The summed E-state index contributed by atoms with van der Waals surface area (Å²) in [6.07, 6.45) is 1.82. The van der Waals surface area contributed by atoms with Gasteiger partial charge < -0.3 is 4.90 Å². The topological polar surface area (TPSA) is 28.5 Å². The van der Waals surface area contributed by atoms with Crippen molar-refractivity contribution in [2.45, 2.75) is 24.3 Å². The van der Waals surface area contributed by atoms with E-state index in [2.05, 4.69) is 16.8 Å². The Bertz CT molecular complexity index is 766. The van der Waals surface area contributed by atoms with E-state index in [-0.39, 0.29) is 12.1 Å². The van der Waals surface area contributed by atoms with Crippen LogP contribution in [0.3, 0.4) is 0 Å². The van der Waals surface area contributed by atoms with E-state index in [1.807, 2.05) is 54.4 Å². The van der Waals surface area contributed by atoms with Crippen LogP contribution < -0.4 is 0 Å². The lowest BCUT2D eigenvalue weighted by molar-refractivity contribution is 0.321. The maximum atomic E-state index is 6.25. The van der Waals surface area contributed by atoms with Crippen LogP contribution in [0, 0.1) is 0 Å². The number of halogens is 2. The van der Waals surface area contributed by atoms with Crippen molar-refractivity contribution < 1.29 is 0 Å². The molecule has 2 aliphatic rings. The Balaban J connectivity index is 1.79. The Labute approximate surface area is 149 Å². The second-order valence-corrected chi connectivity index (χ2v) is 8.03. The van der Waals surface area contributed by atoms with Crippen LogP contribution in [0.25, 0.3) is 0 Å². The second kappa shape index (κ2) is 6.00. The molecule has 0 aliphatic carbocycles. The molecule has 23 heavy (non-hydrogen) atoms. The van der Waals surface area contributed by atoms with Gasteiger partial charge in [-0.3, -0.25) is 9.98 Å². The van der Waals surface area contributed by atoms with Crippen molar-refractivity contribution in [1.82, 2.24) is 9.88 Å². The molecular weight excluding hydrogens is 349 g/mol. The minimum atomic E-state index is -0.0107. The maximum Gasteiger partial charge on any atom is 0.160 e. The summed E-state index contributed by atoms with van der Waals surface area (Å²) in [5.41, 5.74) is 2.11. The summed E-state index contributed by atoms with van der Waals surface area (Å²) in [7, 11) is 0. The fourth-order valence-corrected chi connectivity index (χ4v) is 4.57. The van der Waals surface area contributed by atoms with Gasteiger partial charge in [-0.15, -0.1) is 0 Å². The third-order valence-corrected chi connectivity index (χ3v) is 6.01. The first-order valence-corrected chi connectivity index (χ1v) is 9.14. The smallest absolute Gasteiger partial charge is 0.160 e. The quantitative estimate of drug-likeness (QED) is 0.753. The molecule has 1 aromatic carbocycles. The average Bonchev–Trinajstić information content (AvgIpc) is 3.07. The second-order valence-electron chi connectivity index (χ2n) is 5.81. The molecule has 0 spiro atoms. The van der Waals surface area contributed by atoms with Crippen LogP contribution in [-0.2, 0) is 0 Å². The molecule has 0 bridgehead atoms.